The molecule has 6 aromatic rings. The third-order valence-corrected chi connectivity index (χ3v) is 15.6. The number of hydrogen-bond donors (Lipinski definition) is 0. The molecule has 0 aliphatic heterocycles. The van der Waals surface area contributed by atoms with Crippen molar-refractivity contribution in [1.82, 2.24) is 0 Å². The third kappa shape index (κ3) is 35.9. The molecule has 4 unspecified atom stereocenters. The molecule has 540 valence electrons. The first-order chi connectivity index (χ1) is 47.5. The van der Waals surface area contributed by atoms with E-state index in [1.807, 2.05) is 49.4 Å². The Morgan fingerprint density at radius 1 is 0.313 bits per heavy atom. The maximum atomic E-state index is 12.2. The Kier molecular flexibility index (Phi) is 46.2. The quantitative estimate of drug-likeness (QED) is 0.0199. The Bertz CT molecular complexity index is 3090. The lowest BCUT2D eigenvalue weighted by molar-refractivity contribution is -0.0546. The number of ether oxygens (including phenoxy) is 9. The van der Waals surface area contributed by atoms with Crippen molar-refractivity contribution in [2.24, 2.45) is 11.8 Å². The van der Waals surface area contributed by atoms with Gasteiger partial charge in [-0.2, -0.15) is 0 Å². The molecule has 0 aliphatic carbocycles. The molecule has 0 aromatic heterocycles. The van der Waals surface area contributed by atoms with Crippen LogP contribution in [0.4, 0.5) is 0 Å². The Morgan fingerprint density at radius 3 is 1.00 bits per heavy atom. The van der Waals surface area contributed by atoms with Crippen LogP contribution in [0.1, 0.15) is 260 Å². The van der Waals surface area contributed by atoms with Gasteiger partial charge in [-0.05, 0) is 130 Å². The lowest BCUT2D eigenvalue weighted by Gasteiger charge is -2.19. The number of carbonyl (C=O) groups excluding carboxylic acids is 8. The monoisotopic (exact) mass is 1370 g/mol. The van der Waals surface area contributed by atoms with Crippen molar-refractivity contribution in [3.8, 4) is 0 Å². The molecule has 6 rings (SSSR count). The van der Waals surface area contributed by atoms with E-state index in [1.165, 1.54) is 39.2 Å². The zero-order valence-electron chi connectivity index (χ0n) is 59.3. The lowest BCUT2D eigenvalue weighted by atomic mass is 10.0. The summed E-state index contributed by atoms with van der Waals surface area (Å²) in [5.74, 6) is -2.63. The van der Waals surface area contributed by atoms with E-state index in [0.29, 0.717) is 60.5 Å². The van der Waals surface area contributed by atoms with Gasteiger partial charge in [-0.15, -0.1) is 0 Å². The van der Waals surface area contributed by atoms with Crippen molar-refractivity contribution in [3.63, 3.8) is 0 Å². The van der Waals surface area contributed by atoms with Crippen molar-refractivity contribution in [2.45, 2.75) is 191 Å². The Morgan fingerprint density at radius 2 is 0.626 bits per heavy atom. The highest BCUT2D eigenvalue weighted by molar-refractivity contribution is 6.04. The summed E-state index contributed by atoms with van der Waals surface area (Å²) in [5.41, 5.74) is 3.80. The van der Waals surface area contributed by atoms with Crippen LogP contribution in [0, 0.1) is 11.8 Å². The predicted octanol–water partition coefficient (Wildman–Crippen LogP) is 18.9. The van der Waals surface area contributed by atoms with Crippen LogP contribution in [0.3, 0.4) is 0 Å². The number of rotatable bonds is 39. The highest BCUT2D eigenvalue weighted by Crippen LogP contribution is 2.19. The van der Waals surface area contributed by atoms with Crippen LogP contribution in [0.15, 0.2) is 164 Å². The van der Waals surface area contributed by atoms with Gasteiger partial charge in [0.25, 0.3) is 0 Å². The minimum atomic E-state index is -0.531. The van der Waals surface area contributed by atoms with Crippen LogP contribution in [-0.2, 0) is 49.2 Å². The minimum absolute atomic E-state index is 0. The number of carbonyl (C=O) groups is 8. The highest BCUT2D eigenvalue weighted by Gasteiger charge is 2.22. The van der Waals surface area contributed by atoms with Crippen LogP contribution in [0.25, 0.3) is 0 Å². The normalized spacial score (nSPS) is 11.6. The first-order valence-electron chi connectivity index (χ1n) is 34.9. The molecule has 17 nitrogen and oxygen atoms in total. The molecule has 4 atom stereocenters. The summed E-state index contributed by atoms with van der Waals surface area (Å²) < 4.78 is 47.4. The average Bonchev–Trinajstić information content (AvgIpc) is 0.870. The summed E-state index contributed by atoms with van der Waals surface area (Å²) in [6.45, 7) is 18.5. The van der Waals surface area contributed by atoms with Gasteiger partial charge < -0.3 is 42.6 Å². The first kappa shape index (κ1) is 86.1. The van der Waals surface area contributed by atoms with Crippen molar-refractivity contribution in [1.29, 1.82) is 0 Å². The molecule has 0 saturated carbocycles. The summed E-state index contributed by atoms with van der Waals surface area (Å²) in [5, 5.41) is 0. The second-order valence-corrected chi connectivity index (χ2v) is 23.7. The Hall–Kier alpha value is -8.96. The smallest absolute Gasteiger partial charge is 0.339 e. The number of benzene rings is 6. The molecule has 0 saturated heterocycles. The van der Waals surface area contributed by atoms with E-state index in [-0.39, 0.29) is 85.6 Å². The van der Waals surface area contributed by atoms with Crippen LogP contribution in [0.5, 0.6) is 0 Å². The maximum absolute atomic E-state index is 12.2. The Labute approximate surface area is 589 Å². The van der Waals surface area contributed by atoms with Crippen molar-refractivity contribution < 1.29 is 81.0 Å². The predicted molar refractivity (Wildman–Crippen MR) is 387 cm³/mol. The van der Waals surface area contributed by atoms with Gasteiger partial charge in [0.05, 0.1) is 90.3 Å². The van der Waals surface area contributed by atoms with Crippen LogP contribution >= 0.6 is 0 Å². The zero-order valence-corrected chi connectivity index (χ0v) is 59.3. The number of hydrogen-bond acceptors (Lipinski definition) is 17. The number of esters is 8. The SMILES string of the molecule is C.CC(COC(=O)c1ccccc1)OC(C)COC(=O)c1ccccc1.CCCCC(CC)COC(=O)c1ccc(C(=O)OCC(CC)CCCC)cc1.CCCCCCCCCOC(=O)c1ccccc1C(=O)OC.CCCCOC(=O)c1ccccc1C(=O)OCc1ccccc1. The second-order valence-electron chi connectivity index (χ2n) is 23.7. The molecule has 0 fully saturated rings. The van der Waals surface area contributed by atoms with E-state index in [0.717, 1.165) is 82.6 Å². The third-order valence-electron chi connectivity index (χ3n) is 15.6. The van der Waals surface area contributed by atoms with Gasteiger partial charge in [-0.1, -0.05) is 223 Å². The van der Waals surface area contributed by atoms with E-state index < -0.39 is 23.9 Å². The molecule has 17 heteroatoms. The van der Waals surface area contributed by atoms with Crippen molar-refractivity contribution in [2.75, 3.05) is 46.8 Å². The summed E-state index contributed by atoms with van der Waals surface area (Å²) in [4.78, 5) is 96.2. The molecule has 0 aliphatic rings. The Balaban J connectivity index is 0.000000449. The average molecular weight is 1370 g/mol. The summed E-state index contributed by atoms with van der Waals surface area (Å²) in [6.07, 6.45) is 18.1. The molecule has 0 radical (unpaired) electrons. The minimum Gasteiger partial charge on any atom is -0.465 e. The molecule has 0 amide bonds. The molecular formula is C82H110O17. The van der Waals surface area contributed by atoms with E-state index in [4.69, 9.17) is 37.9 Å². The molecule has 0 N–H and O–H groups in total. The largest absolute Gasteiger partial charge is 0.465 e. The van der Waals surface area contributed by atoms with Gasteiger partial charge in [0, 0.05) is 0 Å². The summed E-state index contributed by atoms with van der Waals surface area (Å²) in [6, 6.07) is 46.6. The van der Waals surface area contributed by atoms with Crippen molar-refractivity contribution in [3.05, 3.63) is 214 Å². The van der Waals surface area contributed by atoms with Gasteiger partial charge in [-0.25, -0.2) is 38.4 Å². The van der Waals surface area contributed by atoms with Gasteiger partial charge in [0.1, 0.15) is 19.8 Å². The highest BCUT2D eigenvalue weighted by atomic mass is 16.6. The van der Waals surface area contributed by atoms with E-state index in [2.05, 4.69) is 39.4 Å². The fourth-order valence-corrected chi connectivity index (χ4v) is 9.55. The van der Waals surface area contributed by atoms with Gasteiger partial charge in [-0.3, -0.25) is 0 Å². The van der Waals surface area contributed by atoms with Gasteiger partial charge in [0.15, 0.2) is 0 Å². The van der Waals surface area contributed by atoms with E-state index >= 15 is 0 Å². The van der Waals surface area contributed by atoms with Crippen LogP contribution in [-0.4, -0.2) is 107 Å². The summed E-state index contributed by atoms with van der Waals surface area (Å²) in [7, 11) is 1.29. The fourth-order valence-electron chi connectivity index (χ4n) is 9.55. The maximum Gasteiger partial charge on any atom is 0.339 e. The second kappa shape index (κ2) is 53.1. The molecular weight excluding hydrogens is 1260 g/mol. The number of methoxy groups -OCH3 is 1. The summed E-state index contributed by atoms with van der Waals surface area (Å²) >= 11 is 0. The van der Waals surface area contributed by atoms with Crippen LogP contribution < -0.4 is 0 Å². The van der Waals surface area contributed by atoms with Crippen molar-refractivity contribution >= 4 is 47.8 Å². The molecule has 99 heavy (non-hydrogen) atoms. The topological polar surface area (TPSA) is 220 Å². The van der Waals surface area contributed by atoms with Gasteiger partial charge in [0.2, 0.25) is 0 Å². The van der Waals surface area contributed by atoms with E-state index in [1.54, 1.807) is 135 Å². The van der Waals surface area contributed by atoms with Gasteiger partial charge >= 0.3 is 47.8 Å². The van der Waals surface area contributed by atoms with E-state index in [9.17, 15) is 38.4 Å². The molecule has 6 aromatic carbocycles. The standard InChI is InChI=1S/C24H38O4.C20H22O5.C19H20O4.C18H26O4.CH4/c1-5-9-11-19(7-3)17-27-23(25)21-13-15-22(16-14-21)24(26)28-18-20(8-4)12-10-6-2;1-15(13-23-19(21)17-9-5-3-6-10-17)25-16(2)14-24-20(22)18-11-7-4-8-12-18;1-2-3-13-22-18(20)16-11-7-8-12-17(16)19(21)23-14-15-9-5-4-6-10-15;1-3-4-5-6-7-8-11-14-22-18(20)16-13-10-9-12-15(16)17(19)21-2;/h13-16,19-20H,5-12,17-18H2,1-4H3;3-12,15-16H,13-14H2,1-2H3;4-12H,2-3,13-14H2,1H3;9-10,12-13H,3-8,11,14H2,1-2H3;1H4. The molecule has 0 heterocycles. The lowest BCUT2D eigenvalue weighted by Crippen LogP contribution is -2.27. The van der Waals surface area contributed by atoms with Crippen LogP contribution in [0.2, 0.25) is 0 Å². The molecule has 0 bridgehead atoms. The zero-order chi connectivity index (χ0) is 71.6. The molecule has 0 spiro atoms. The first-order valence-corrected chi connectivity index (χ1v) is 34.9. The fraction of sp³-hybridized carbons (Fsp3) is 0.463. The number of unbranched alkanes of at least 4 members (excludes halogenated alkanes) is 9.